The van der Waals surface area contributed by atoms with Crippen LogP contribution >= 0.6 is 0 Å². The Balaban J connectivity index is 2.22. The third-order valence-electron chi connectivity index (χ3n) is 4.18. The monoisotopic (exact) mass is 342 g/mol. The predicted molar refractivity (Wildman–Crippen MR) is 89.5 cm³/mol. The van der Waals surface area contributed by atoms with Crippen molar-refractivity contribution >= 4 is 10.0 Å². The van der Waals surface area contributed by atoms with Gasteiger partial charge >= 0.3 is 0 Å². The van der Waals surface area contributed by atoms with E-state index < -0.39 is 10.0 Å². The molecule has 1 aliphatic heterocycles. The molecule has 1 aromatic rings. The van der Waals surface area contributed by atoms with Gasteiger partial charge in [-0.05, 0) is 44.2 Å². The molecule has 23 heavy (non-hydrogen) atoms. The van der Waals surface area contributed by atoms with Crippen LogP contribution in [0.1, 0.15) is 11.1 Å². The van der Waals surface area contributed by atoms with Gasteiger partial charge in [0.1, 0.15) is 5.75 Å². The van der Waals surface area contributed by atoms with Crippen LogP contribution in [-0.2, 0) is 14.8 Å². The fourth-order valence-corrected chi connectivity index (χ4v) is 4.28. The molecule has 0 N–H and O–H groups in total. The summed E-state index contributed by atoms with van der Waals surface area (Å²) in [5, 5.41) is 0. The molecule has 130 valence electrons. The van der Waals surface area contributed by atoms with Crippen molar-refractivity contribution in [3.63, 3.8) is 0 Å². The summed E-state index contributed by atoms with van der Waals surface area (Å²) < 4.78 is 38.1. The summed E-state index contributed by atoms with van der Waals surface area (Å²) in [5.41, 5.74) is 1.49. The molecule has 0 spiro atoms. The lowest BCUT2D eigenvalue weighted by Crippen LogP contribution is -2.46. The molecule has 0 saturated carbocycles. The van der Waals surface area contributed by atoms with Crippen LogP contribution in [0.25, 0.3) is 0 Å². The molecule has 1 fully saturated rings. The Bertz CT molecular complexity index is 660. The van der Waals surface area contributed by atoms with Gasteiger partial charge in [-0.1, -0.05) is 0 Å². The number of nitrogens with zero attached hydrogens (tertiary/aromatic N) is 2. The number of rotatable bonds is 5. The number of sulfonamides is 1. The molecule has 1 heterocycles. The van der Waals surface area contributed by atoms with Gasteiger partial charge in [0.15, 0.2) is 0 Å². The Morgan fingerprint density at radius 2 is 2.04 bits per heavy atom. The van der Waals surface area contributed by atoms with Crippen molar-refractivity contribution in [1.82, 2.24) is 9.21 Å². The summed E-state index contributed by atoms with van der Waals surface area (Å²) in [5.74, 6) is 0.696. The van der Waals surface area contributed by atoms with Crippen molar-refractivity contribution in [2.24, 2.45) is 0 Å². The van der Waals surface area contributed by atoms with Gasteiger partial charge in [0.05, 0.1) is 24.7 Å². The Hall–Kier alpha value is -1.15. The maximum atomic E-state index is 12.9. The van der Waals surface area contributed by atoms with Crippen LogP contribution in [0.15, 0.2) is 17.0 Å². The van der Waals surface area contributed by atoms with Crippen LogP contribution in [0.2, 0.25) is 0 Å². The highest BCUT2D eigenvalue weighted by molar-refractivity contribution is 7.89. The SMILES string of the molecule is COc1cc(C)c(S(=O)(=O)N(C)CC2CN(C)CCO2)cc1C. The number of morpholine rings is 1. The number of likely N-dealkylation sites (N-methyl/N-ethyl adjacent to an activating group) is 2. The highest BCUT2D eigenvalue weighted by Crippen LogP contribution is 2.27. The predicted octanol–water partition coefficient (Wildman–Crippen LogP) is 1.26. The van der Waals surface area contributed by atoms with Crippen molar-refractivity contribution in [2.45, 2.75) is 24.8 Å². The Morgan fingerprint density at radius 3 is 2.65 bits per heavy atom. The molecular weight excluding hydrogens is 316 g/mol. The molecule has 1 unspecified atom stereocenters. The first kappa shape index (κ1) is 18.2. The van der Waals surface area contributed by atoms with E-state index in [-0.39, 0.29) is 6.10 Å². The zero-order valence-electron chi connectivity index (χ0n) is 14.5. The molecule has 1 saturated heterocycles. The number of hydrogen-bond acceptors (Lipinski definition) is 5. The van der Waals surface area contributed by atoms with Gasteiger partial charge in [-0.15, -0.1) is 0 Å². The third-order valence-corrected chi connectivity index (χ3v) is 6.15. The molecule has 1 aliphatic rings. The molecule has 0 aromatic heterocycles. The van der Waals surface area contributed by atoms with E-state index in [2.05, 4.69) is 4.90 Å². The quantitative estimate of drug-likeness (QED) is 0.806. The van der Waals surface area contributed by atoms with Gasteiger partial charge in [0.2, 0.25) is 10.0 Å². The van der Waals surface area contributed by atoms with Gasteiger partial charge in [-0.2, -0.15) is 4.31 Å². The van der Waals surface area contributed by atoms with Gasteiger partial charge in [-0.25, -0.2) is 8.42 Å². The first-order chi connectivity index (χ1) is 10.8. The van der Waals surface area contributed by atoms with Crippen molar-refractivity contribution in [1.29, 1.82) is 0 Å². The van der Waals surface area contributed by atoms with E-state index in [1.165, 1.54) is 4.31 Å². The maximum Gasteiger partial charge on any atom is 0.243 e. The Morgan fingerprint density at radius 1 is 1.35 bits per heavy atom. The highest BCUT2D eigenvalue weighted by atomic mass is 32.2. The lowest BCUT2D eigenvalue weighted by molar-refractivity contribution is -0.0247. The van der Waals surface area contributed by atoms with Gasteiger partial charge in [0.25, 0.3) is 0 Å². The lowest BCUT2D eigenvalue weighted by atomic mass is 10.1. The standard InChI is InChI=1S/C16H26N2O4S/c1-12-9-16(13(2)8-15(12)21-5)23(19,20)18(4)11-14-10-17(3)6-7-22-14/h8-9,14H,6-7,10-11H2,1-5H3. The number of hydrogen-bond donors (Lipinski definition) is 0. The van der Waals surface area contributed by atoms with E-state index in [9.17, 15) is 8.42 Å². The van der Waals surface area contributed by atoms with E-state index in [1.807, 2.05) is 14.0 Å². The van der Waals surface area contributed by atoms with Crippen LogP contribution in [0.5, 0.6) is 5.75 Å². The maximum absolute atomic E-state index is 12.9. The highest BCUT2D eigenvalue weighted by Gasteiger charge is 2.28. The number of ether oxygens (including phenoxy) is 2. The molecule has 0 bridgehead atoms. The van der Waals surface area contributed by atoms with Gasteiger partial charge in [0, 0.05) is 26.7 Å². The number of methoxy groups -OCH3 is 1. The fraction of sp³-hybridized carbons (Fsp3) is 0.625. The van der Waals surface area contributed by atoms with Crippen LogP contribution in [-0.4, -0.2) is 71.2 Å². The summed E-state index contributed by atoms with van der Waals surface area (Å²) >= 11 is 0. The first-order valence-corrected chi connectivity index (χ1v) is 9.11. The zero-order chi connectivity index (χ0) is 17.2. The smallest absolute Gasteiger partial charge is 0.243 e. The van der Waals surface area contributed by atoms with E-state index in [0.29, 0.717) is 29.4 Å². The second kappa shape index (κ2) is 7.17. The van der Waals surface area contributed by atoms with Crippen molar-refractivity contribution < 1.29 is 17.9 Å². The summed E-state index contributed by atoms with van der Waals surface area (Å²) in [6.07, 6.45) is -0.104. The normalized spacial score (nSPS) is 20.0. The van der Waals surface area contributed by atoms with Crippen LogP contribution in [0.3, 0.4) is 0 Å². The first-order valence-electron chi connectivity index (χ1n) is 7.67. The second-order valence-electron chi connectivity index (χ2n) is 6.13. The summed E-state index contributed by atoms with van der Waals surface area (Å²) in [6, 6.07) is 3.44. The summed E-state index contributed by atoms with van der Waals surface area (Å²) in [4.78, 5) is 2.47. The van der Waals surface area contributed by atoms with Crippen molar-refractivity contribution in [3.05, 3.63) is 23.3 Å². The van der Waals surface area contributed by atoms with E-state index in [1.54, 1.807) is 33.2 Å². The average molecular weight is 342 g/mol. The van der Waals surface area contributed by atoms with Crippen LogP contribution in [0.4, 0.5) is 0 Å². The molecule has 2 rings (SSSR count). The molecule has 7 heteroatoms. The minimum Gasteiger partial charge on any atom is -0.496 e. The number of aryl methyl sites for hydroxylation is 2. The zero-order valence-corrected chi connectivity index (χ0v) is 15.3. The van der Waals surface area contributed by atoms with Gasteiger partial charge in [-0.3, -0.25) is 0 Å². The molecule has 6 nitrogen and oxygen atoms in total. The topological polar surface area (TPSA) is 59.1 Å². The van der Waals surface area contributed by atoms with Crippen molar-refractivity contribution in [2.75, 3.05) is 47.4 Å². The Labute approximate surface area is 139 Å². The van der Waals surface area contributed by atoms with Gasteiger partial charge < -0.3 is 14.4 Å². The van der Waals surface area contributed by atoms with Crippen LogP contribution < -0.4 is 4.74 Å². The average Bonchev–Trinajstić information content (AvgIpc) is 2.49. The van der Waals surface area contributed by atoms with Crippen LogP contribution in [0, 0.1) is 13.8 Å². The molecule has 0 amide bonds. The lowest BCUT2D eigenvalue weighted by Gasteiger charge is -2.32. The summed E-state index contributed by atoms with van der Waals surface area (Å²) in [7, 11) is 1.65. The minimum atomic E-state index is -3.55. The number of benzene rings is 1. The molecule has 1 aromatic carbocycles. The van der Waals surface area contributed by atoms with E-state index >= 15 is 0 Å². The third kappa shape index (κ3) is 4.03. The minimum absolute atomic E-state index is 0.104. The second-order valence-corrected chi connectivity index (χ2v) is 8.14. The molecular formula is C16H26N2O4S. The fourth-order valence-electron chi connectivity index (χ4n) is 2.79. The van der Waals surface area contributed by atoms with E-state index in [4.69, 9.17) is 9.47 Å². The van der Waals surface area contributed by atoms with Crippen molar-refractivity contribution in [3.8, 4) is 5.75 Å². The Kier molecular flexibility index (Phi) is 5.67. The molecule has 0 radical (unpaired) electrons. The largest absolute Gasteiger partial charge is 0.496 e. The molecule has 0 aliphatic carbocycles. The van der Waals surface area contributed by atoms with E-state index in [0.717, 1.165) is 18.7 Å². The molecule has 1 atom stereocenters. The summed E-state index contributed by atoms with van der Waals surface area (Å²) in [6.45, 7) is 6.22.